The first-order valence-electron chi connectivity index (χ1n) is 8.06. The number of hydrogen-bond acceptors (Lipinski definition) is 5. The second-order valence-electron chi connectivity index (χ2n) is 5.71. The van der Waals surface area contributed by atoms with Crippen LogP contribution in [0, 0.1) is 5.82 Å². The van der Waals surface area contributed by atoms with E-state index in [4.69, 9.17) is 0 Å². The molecule has 6 nitrogen and oxygen atoms in total. The number of hydrogen-bond donors (Lipinski definition) is 1. The summed E-state index contributed by atoms with van der Waals surface area (Å²) in [4.78, 5) is 12.7. The van der Waals surface area contributed by atoms with E-state index in [2.05, 4.69) is 53.1 Å². The van der Waals surface area contributed by atoms with Gasteiger partial charge in [0.1, 0.15) is 5.82 Å². The summed E-state index contributed by atoms with van der Waals surface area (Å²) in [5, 5.41) is 7.28. The summed E-state index contributed by atoms with van der Waals surface area (Å²) in [7, 11) is 1.76. The zero-order valence-corrected chi connectivity index (χ0v) is 14.7. The van der Waals surface area contributed by atoms with Crippen molar-refractivity contribution in [1.29, 1.82) is 0 Å². The molecule has 0 saturated carbocycles. The third kappa shape index (κ3) is 3.67. The maximum atomic E-state index is 13.3. The van der Waals surface area contributed by atoms with Crippen LogP contribution in [0.25, 0.3) is 17.0 Å². The average Bonchev–Trinajstić information content (AvgIpc) is 2.99. The molecule has 0 unspecified atom stereocenters. The van der Waals surface area contributed by atoms with Gasteiger partial charge >= 0.3 is 0 Å². The van der Waals surface area contributed by atoms with E-state index in [1.165, 1.54) is 12.5 Å². The van der Waals surface area contributed by atoms with Crippen LogP contribution in [0.3, 0.4) is 0 Å². The lowest BCUT2D eigenvalue weighted by atomic mass is 10.1. The molecule has 3 heterocycles. The molecule has 0 aliphatic rings. The van der Waals surface area contributed by atoms with Gasteiger partial charge in [-0.15, -0.1) is 0 Å². The zero-order valence-electron chi connectivity index (χ0n) is 14.7. The van der Waals surface area contributed by atoms with Crippen molar-refractivity contribution in [3.05, 3.63) is 36.0 Å². The molecule has 24 heavy (non-hydrogen) atoms. The Kier molecular flexibility index (Phi) is 5.78. The van der Waals surface area contributed by atoms with Gasteiger partial charge in [0.15, 0.2) is 11.5 Å². The smallest absolute Gasteiger partial charge is 0.227 e. The van der Waals surface area contributed by atoms with Gasteiger partial charge in [-0.05, 0) is 12.0 Å². The Morgan fingerprint density at radius 3 is 2.46 bits per heavy atom. The highest BCUT2D eigenvalue weighted by molar-refractivity contribution is 5.61. The molecule has 0 spiro atoms. The van der Waals surface area contributed by atoms with Crippen molar-refractivity contribution in [2.75, 3.05) is 12.4 Å². The van der Waals surface area contributed by atoms with Gasteiger partial charge in [-0.1, -0.05) is 34.1 Å². The first-order valence-corrected chi connectivity index (χ1v) is 8.06. The number of fused-ring (bicyclic) bond motifs is 1. The topological polar surface area (TPSA) is 68.0 Å². The molecule has 3 rings (SSSR count). The van der Waals surface area contributed by atoms with Gasteiger partial charge < -0.3 is 5.32 Å². The molecular formula is C17H23FN6. The molecule has 1 N–H and O–H groups in total. The van der Waals surface area contributed by atoms with Crippen LogP contribution in [0.1, 0.15) is 45.6 Å². The van der Waals surface area contributed by atoms with Crippen LogP contribution in [-0.4, -0.2) is 31.6 Å². The van der Waals surface area contributed by atoms with Gasteiger partial charge in [0.05, 0.1) is 12.4 Å². The number of anilines is 1. The number of nitrogens with one attached hydrogen (secondary N) is 1. The predicted octanol–water partition coefficient (Wildman–Crippen LogP) is 3.91. The van der Waals surface area contributed by atoms with Crippen LogP contribution < -0.4 is 5.32 Å². The van der Waals surface area contributed by atoms with E-state index >= 15 is 0 Å². The summed E-state index contributed by atoms with van der Waals surface area (Å²) >= 11 is 0. The van der Waals surface area contributed by atoms with Crippen LogP contribution in [0.2, 0.25) is 0 Å². The Labute approximate surface area is 141 Å². The number of rotatable bonds is 3. The van der Waals surface area contributed by atoms with Crippen molar-refractivity contribution in [2.24, 2.45) is 0 Å². The third-order valence-corrected chi connectivity index (χ3v) is 3.20. The van der Waals surface area contributed by atoms with E-state index in [1.807, 2.05) is 0 Å². The van der Waals surface area contributed by atoms with Crippen LogP contribution in [0.15, 0.2) is 24.7 Å². The normalized spacial score (nSPS) is 10.6. The average molecular weight is 330 g/mol. The Morgan fingerprint density at radius 2 is 1.88 bits per heavy atom. The third-order valence-electron chi connectivity index (χ3n) is 3.20. The Balaban J connectivity index is 0.000000647. The van der Waals surface area contributed by atoms with Crippen LogP contribution in [0.4, 0.5) is 10.3 Å². The summed E-state index contributed by atoms with van der Waals surface area (Å²) < 4.78 is 15.0. The molecule has 0 aromatic carbocycles. The van der Waals surface area contributed by atoms with Crippen molar-refractivity contribution in [3.63, 3.8) is 0 Å². The molecule has 0 aliphatic carbocycles. The van der Waals surface area contributed by atoms with E-state index in [0.29, 0.717) is 23.0 Å². The van der Waals surface area contributed by atoms with Crippen molar-refractivity contribution in [3.8, 4) is 11.4 Å². The molecule has 0 atom stereocenters. The van der Waals surface area contributed by atoms with Gasteiger partial charge in [-0.2, -0.15) is 14.6 Å². The highest BCUT2D eigenvalue weighted by atomic mass is 19.1. The van der Waals surface area contributed by atoms with Crippen molar-refractivity contribution in [1.82, 2.24) is 24.6 Å². The molecule has 0 fully saturated rings. The largest absolute Gasteiger partial charge is 0.357 e. The minimum Gasteiger partial charge on any atom is -0.357 e. The van der Waals surface area contributed by atoms with Gasteiger partial charge in [-0.3, -0.25) is 4.98 Å². The SMILES string of the molecule is CCC.CNc1nc(-c2cncc(F)c2)nc2c(C(C)C)cnn12. The highest BCUT2D eigenvalue weighted by Gasteiger charge is 2.15. The molecule has 3 aromatic heterocycles. The van der Waals surface area contributed by atoms with Gasteiger partial charge in [0.25, 0.3) is 0 Å². The Hall–Kier alpha value is -2.57. The molecule has 0 saturated heterocycles. The summed E-state index contributed by atoms with van der Waals surface area (Å²) in [6, 6.07) is 1.36. The van der Waals surface area contributed by atoms with E-state index in [9.17, 15) is 4.39 Å². The van der Waals surface area contributed by atoms with E-state index in [-0.39, 0.29) is 5.92 Å². The molecule has 0 bridgehead atoms. The summed E-state index contributed by atoms with van der Waals surface area (Å²) in [6.07, 6.45) is 5.72. The first-order chi connectivity index (χ1) is 11.5. The minimum absolute atomic E-state index is 0.278. The maximum absolute atomic E-state index is 13.3. The summed E-state index contributed by atoms with van der Waals surface area (Å²) in [6.45, 7) is 8.39. The van der Waals surface area contributed by atoms with E-state index in [1.54, 1.807) is 24.0 Å². The lowest BCUT2D eigenvalue weighted by Crippen LogP contribution is -2.06. The molecule has 0 aliphatic heterocycles. The fourth-order valence-corrected chi connectivity index (χ4v) is 2.13. The van der Waals surface area contributed by atoms with E-state index in [0.717, 1.165) is 11.8 Å². The van der Waals surface area contributed by atoms with Crippen LogP contribution in [-0.2, 0) is 0 Å². The fraction of sp³-hybridized carbons (Fsp3) is 0.412. The highest BCUT2D eigenvalue weighted by Crippen LogP contribution is 2.24. The van der Waals surface area contributed by atoms with E-state index < -0.39 is 5.82 Å². The number of halogens is 1. The predicted molar refractivity (Wildman–Crippen MR) is 93.6 cm³/mol. The van der Waals surface area contributed by atoms with Gasteiger partial charge in [0, 0.05) is 24.4 Å². The lowest BCUT2D eigenvalue weighted by Gasteiger charge is -2.08. The minimum atomic E-state index is -0.417. The van der Waals surface area contributed by atoms with Crippen molar-refractivity contribution < 1.29 is 4.39 Å². The zero-order chi connectivity index (χ0) is 17.7. The molecular weight excluding hydrogens is 307 g/mol. The molecule has 128 valence electrons. The lowest BCUT2D eigenvalue weighted by molar-refractivity contribution is 0.622. The molecule has 3 aromatic rings. The number of nitrogens with zero attached hydrogens (tertiary/aromatic N) is 5. The summed E-state index contributed by atoms with van der Waals surface area (Å²) in [5.41, 5.74) is 2.26. The molecule has 0 radical (unpaired) electrons. The number of aromatic nitrogens is 5. The van der Waals surface area contributed by atoms with Gasteiger partial charge in [0.2, 0.25) is 5.95 Å². The van der Waals surface area contributed by atoms with Crippen LogP contribution >= 0.6 is 0 Å². The first kappa shape index (κ1) is 17.8. The second-order valence-corrected chi connectivity index (χ2v) is 5.71. The number of pyridine rings is 1. The fourth-order valence-electron chi connectivity index (χ4n) is 2.13. The van der Waals surface area contributed by atoms with Crippen LogP contribution in [0.5, 0.6) is 0 Å². The second kappa shape index (κ2) is 7.81. The molecule has 0 amide bonds. The monoisotopic (exact) mass is 330 g/mol. The van der Waals surface area contributed by atoms with Crippen molar-refractivity contribution in [2.45, 2.75) is 40.0 Å². The van der Waals surface area contributed by atoms with Crippen molar-refractivity contribution >= 4 is 11.6 Å². The Morgan fingerprint density at radius 1 is 1.17 bits per heavy atom. The molecule has 7 heteroatoms. The Bertz CT molecular complexity index is 812. The standard InChI is InChI=1S/C14H15FN6.C3H8/c1-8(2)11-7-18-21-13(11)19-12(20-14(21)16-3)9-4-10(15)6-17-5-9;1-3-2/h4-8H,1-3H3,(H,16,19,20);3H2,1-2H3. The van der Waals surface area contributed by atoms with Gasteiger partial charge in [-0.25, -0.2) is 9.37 Å². The maximum Gasteiger partial charge on any atom is 0.227 e. The quantitative estimate of drug-likeness (QED) is 0.788. The summed E-state index contributed by atoms with van der Waals surface area (Å²) in [5.74, 6) is 0.826.